The SMILES string of the molecule is COCCCn1c(C)c(C)c(C#N)c1NC(=O)Cn1cc([N+](=O)[O-])ccc1=O. The van der Waals surface area contributed by atoms with E-state index in [-0.39, 0.29) is 5.69 Å². The zero-order valence-electron chi connectivity index (χ0n) is 15.9. The number of pyridine rings is 1. The maximum Gasteiger partial charge on any atom is 0.285 e. The number of nitrogens with one attached hydrogen (secondary N) is 1. The van der Waals surface area contributed by atoms with E-state index in [0.29, 0.717) is 31.0 Å². The number of methoxy groups -OCH3 is 1. The van der Waals surface area contributed by atoms with E-state index in [4.69, 9.17) is 4.74 Å². The van der Waals surface area contributed by atoms with E-state index >= 15 is 0 Å². The number of hydrogen-bond donors (Lipinski definition) is 1. The van der Waals surface area contributed by atoms with Gasteiger partial charge >= 0.3 is 0 Å². The van der Waals surface area contributed by atoms with E-state index in [1.54, 1.807) is 14.0 Å². The van der Waals surface area contributed by atoms with Gasteiger partial charge in [-0.05, 0) is 25.8 Å². The second-order valence-corrected chi connectivity index (χ2v) is 6.20. The van der Waals surface area contributed by atoms with Crippen LogP contribution in [0.25, 0.3) is 0 Å². The van der Waals surface area contributed by atoms with Crippen LogP contribution in [0.3, 0.4) is 0 Å². The lowest BCUT2D eigenvalue weighted by molar-refractivity contribution is -0.385. The molecule has 10 nitrogen and oxygen atoms in total. The van der Waals surface area contributed by atoms with Crippen molar-refractivity contribution in [2.24, 2.45) is 0 Å². The maximum atomic E-state index is 12.5. The average Bonchev–Trinajstić information content (AvgIpc) is 2.87. The first kappa shape index (κ1) is 20.9. The van der Waals surface area contributed by atoms with E-state index in [9.17, 15) is 25.0 Å². The molecule has 28 heavy (non-hydrogen) atoms. The van der Waals surface area contributed by atoms with Gasteiger partial charge in [0, 0.05) is 38.1 Å². The van der Waals surface area contributed by atoms with Gasteiger partial charge in [-0.25, -0.2) is 0 Å². The minimum atomic E-state index is -0.644. The second-order valence-electron chi connectivity index (χ2n) is 6.20. The van der Waals surface area contributed by atoms with Gasteiger partial charge in [0.25, 0.3) is 11.2 Å². The summed E-state index contributed by atoms with van der Waals surface area (Å²) in [5.41, 5.74) is 1.11. The fraction of sp³-hybridized carbons (Fsp3) is 0.389. The Morgan fingerprint density at radius 2 is 2.11 bits per heavy atom. The van der Waals surface area contributed by atoms with Crippen LogP contribution in [0.2, 0.25) is 0 Å². The number of nitriles is 1. The molecule has 2 heterocycles. The quantitative estimate of drug-likeness (QED) is 0.417. The molecule has 0 aliphatic carbocycles. The third kappa shape index (κ3) is 4.44. The van der Waals surface area contributed by atoms with Gasteiger partial charge < -0.3 is 14.6 Å². The number of nitrogens with zero attached hydrogens (tertiary/aromatic N) is 4. The Bertz CT molecular complexity index is 999. The number of carbonyl (C=O) groups excluding carboxylic acids is 1. The topological polar surface area (TPSA) is 132 Å². The van der Waals surface area contributed by atoms with Gasteiger partial charge in [0.15, 0.2) is 0 Å². The summed E-state index contributed by atoms with van der Waals surface area (Å²) in [5, 5.41) is 23.0. The predicted molar refractivity (Wildman–Crippen MR) is 101 cm³/mol. The molecule has 148 valence electrons. The number of rotatable bonds is 8. The number of aromatic nitrogens is 2. The number of anilines is 1. The molecule has 0 aliphatic heterocycles. The van der Waals surface area contributed by atoms with Gasteiger partial charge in [-0.3, -0.25) is 24.3 Å². The zero-order valence-corrected chi connectivity index (χ0v) is 15.9. The number of amides is 1. The summed E-state index contributed by atoms with van der Waals surface area (Å²) >= 11 is 0. The van der Waals surface area contributed by atoms with Crippen LogP contribution < -0.4 is 10.9 Å². The molecule has 1 N–H and O–H groups in total. The van der Waals surface area contributed by atoms with Crippen LogP contribution in [-0.4, -0.2) is 33.7 Å². The minimum Gasteiger partial charge on any atom is -0.385 e. The van der Waals surface area contributed by atoms with Crippen molar-refractivity contribution in [2.75, 3.05) is 19.0 Å². The number of carbonyl (C=O) groups is 1. The lowest BCUT2D eigenvalue weighted by atomic mass is 10.2. The van der Waals surface area contributed by atoms with Crippen molar-refractivity contribution in [3.8, 4) is 6.07 Å². The molecule has 0 aliphatic rings. The Morgan fingerprint density at radius 3 is 2.71 bits per heavy atom. The molecular formula is C18H21N5O5. The third-order valence-corrected chi connectivity index (χ3v) is 4.42. The van der Waals surface area contributed by atoms with Crippen molar-refractivity contribution in [1.29, 1.82) is 5.26 Å². The average molecular weight is 387 g/mol. The highest BCUT2D eigenvalue weighted by molar-refractivity contribution is 5.91. The largest absolute Gasteiger partial charge is 0.385 e. The van der Waals surface area contributed by atoms with E-state index < -0.39 is 22.9 Å². The fourth-order valence-electron chi connectivity index (χ4n) is 2.85. The number of ether oxygens (including phenoxy) is 1. The summed E-state index contributed by atoms with van der Waals surface area (Å²) in [6.45, 7) is 4.29. The molecule has 0 unspecified atom stereocenters. The molecule has 0 aromatic carbocycles. The molecular weight excluding hydrogens is 366 g/mol. The van der Waals surface area contributed by atoms with E-state index in [1.165, 1.54) is 0 Å². The predicted octanol–water partition coefficient (Wildman–Crippen LogP) is 1.72. The van der Waals surface area contributed by atoms with Gasteiger partial charge in [-0.1, -0.05) is 0 Å². The lowest BCUT2D eigenvalue weighted by Gasteiger charge is -2.13. The smallest absolute Gasteiger partial charge is 0.285 e. The monoisotopic (exact) mass is 387 g/mol. The van der Waals surface area contributed by atoms with Crippen LogP contribution in [0.5, 0.6) is 0 Å². The molecule has 0 spiro atoms. The highest BCUT2D eigenvalue weighted by atomic mass is 16.6. The second kappa shape index (κ2) is 8.96. The van der Waals surface area contributed by atoms with Crippen LogP contribution >= 0.6 is 0 Å². The molecule has 0 radical (unpaired) electrons. The number of hydrogen-bond acceptors (Lipinski definition) is 6. The van der Waals surface area contributed by atoms with Crippen molar-refractivity contribution in [2.45, 2.75) is 33.4 Å². The Morgan fingerprint density at radius 1 is 1.39 bits per heavy atom. The molecule has 2 aromatic heterocycles. The third-order valence-electron chi connectivity index (χ3n) is 4.42. The molecule has 2 aromatic rings. The van der Waals surface area contributed by atoms with Crippen molar-refractivity contribution < 1.29 is 14.5 Å². The van der Waals surface area contributed by atoms with Gasteiger partial charge in [-0.15, -0.1) is 0 Å². The highest BCUT2D eigenvalue weighted by Gasteiger charge is 2.20. The first-order valence-corrected chi connectivity index (χ1v) is 8.53. The van der Waals surface area contributed by atoms with Crippen LogP contribution in [0.1, 0.15) is 23.2 Å². The summed E-state index contributed by atoms with van der Waals surface area (Å²) in [6, 6.07) is 4.21. The lowest BCUT2D eigenvalue weighted by Crippen LogP contribution is -2.28. The molecule has 0 bridgehead atoms. The molecule has 0 saturated carbocycles. The van der Waals surface area contributed by atoms with Crippen LogP contribution in [0.4, 0.5) is 11.5 Å². The Hall–Kier alpha value is -3.45. The molecule has 10 heteroatoms. The maximum absolute atomic E-state index is 12.5. The first-order chi connectivity index (χ1) is 13.3. The first-order valence-electron chi connectivity index (χ1n) is 8.53. The fourth-order valence-corrected chi connectivity index (χ4v) is 2.85. The summed E-state index contributed by atoms with van der Waals surface area (Å²) in [5.74, 6) is -0.221. The summed E-state index contributed by atoms with van der Waals surface area (Å²) in [7, 11) is 1.59. The summed E-state index contributed by atoms with van der Waals surface area (Å²) in [6.07, 6.45) is 1.70. The van der Waals surface area contributed by atoms with Crippen molar-refractivity contribution in [3.63, 3.8) is 0 Å². The standard InChI is InChI=1S/C18H21N5O5/c1-12-13(2)22(7-4-8-28-3)18(15(12)9-19)20-16(24)11-21-10-14(23(26)27)5-6-17(21)25/h5-6,10H,4,7-8,11H2,1-3H3,(H,20,24). The van der Waals surface area contributed by atoms with Crippen molar-refractivity contribution >= 4 is 17.4 Å². The van der Waals surface area contributed by atoms with Gasteiger partial charge in [0.2, 0.25) is 5.91 Å². The van der Waals surface area contributed by atoms with Gasteiger partial charge in [0.05, 0.1) is 16.7 Å². The minimum absolute atomic E-state index is 0.292. The summed E-state index contributed by atoms with van der Waals surface area (Å²) in [4.78, 5) is 34.6. The van der Waals surface area contributed by atoms with E-state index in [1.807, 2.05) is 11.5 Å². The molecule has 2 rings (SSSR count). The normalized spacial score (nSPS) is 10.5. The molecule has 0 fully saturated rings. The molecule has 0 saturated heterocycles. The molecule has 1 amide bonds. The highest BCUT2D eigenvalue weighted by Crippen LogP contribution is 2.26. The Kier molecular flexibility index (Phi) is 6.68. The van der Waals surface area contributed by atoms with Crippen LogP contribution in [0.15, 0.2) is 23.1 Å². The van der Waals surface area contributed by atoms with Crippen LogP contribution in [-0.2, 0) is 22.6 Å². The van der Waals surface area contributed by atoms with Crippen LogP contribution in [0, 0.1) is 35.3 Å². The van der Waals surface area contributed by atoms with Crippen molar-refractivity contribution in [3.05, 3.63) is 55.6 Å². The van der Waals surface area contributed by atoms with Gasteiger partial charge in [0.1, 0.15) is 18.4 Å². The Balaban J connectivity index is 2.30. The van der Waals surface area contributed by atoms with E-state index in [0.717, 1.165) is 34.2 Å². The zero-order chi connectivity index (χ0) is 20.8. The Labute approximate surface area is 161 Å². The van der Waals surface area contributed by atoms with Gasteiger partial charge in [-0.2, -0.15) is 5.26 Å². The summed E-state index contributed by atoms with van der Waals surface area (Å²) < 4.78 is 7.83. The van der Waals surface area contributed by atoms with E-state index in [2.05, 4.69) is 11.4 Å². The number of nitro groups is 1. The van der Waals surface area contributed by atoms with Crippen molar-refractivity contribution in [1.82, 2.24) is 9.13 Å². The molecule has 0 atom stereocenters.